The third kappa shape index (κ3) is 4.38. The molecule has 1 aromatic carbocycles. The van der Waals surface area contributed by atoms with Crippen molar-refractivity contribution in [1.82, 2.24) is 10.6 Å². The molecule has 0 radical (unpaired) electrons. The van der Waals surface area contributed by atoms with Gasteiger partial charge in [0.05, 0.1) is 0 Å². The number of carbonyl (C=O) groups excluding carboxylic acids is 2. The second-order valence-corrected chi connectivity index (χ2v) is 4.68. The number of rotatable bonds is 6. The van der Waals surface area contributed by atoms with Crippen LogP contribution in [0.5, 0.6) is 0 Å². The number of amides is 4. The number of carbonyl (C=O) groups is 2. The molecule has 0 saturated carbocycles. The highest BCUT2D eigenvalue weighted by molar-refractivity contribution is 5.94. The minimum Gasteiger partial charge on any atom is -0.338 e. The van der Waals surface area contributed by atoms with E-state index in [0.717, 1.165) is 11.4 Å². The Bertz CT molecular complexity index is 442. The molecule has 1 rings (SSSR count). The topological polar surface area (TPSA) is 64.7 Å². The lowest BCUT2D eigenvalue weighted by molar-refractivity contribution is 0.246. The summed E-state index contributed by atoms with van der Waals surface area (Å²) in [6, 6.07) is 7.19. The van der Waals surface area contributed by atoms with Gasteiger partial charge in [-0.25, -0.2) is 9.59 Å². The zero-order chi connectivity index (χ0) is 16.5. The van der Waals surface area contributed by atoms with Gasteiger partial charge in [0.1, 0.15) is 0 Å². The van der Waals surface area contributed by atoms with Crippen molar-refractivity contribution in [2.45, 2.75) is 27.7 Å². The van der Waals surface area contributed by atoms with Crippen molar-refractivity contribution in [3.63, 3.8) is 0 Å². The average Bonchev–Trinajstić information content (AvgIpc) is 2.51. The van der Waals surface area contributed by atoms with E-state index in [1.54, 1.807) is 9.80 Å². The molecule has 1 aromatic rings. The Kier molecular flexibility index (Phi) is 7.22. The molecule has 122 valence electrons. The molecule has 0 fully saturated rings. The molecule has 6 nitrogen and oxygen atoms in total. The lowest BCUT2D eigenvalue weighted by Crippen LogP contribution is -2.40. The Labute approximate surface area is 132 Å². The fourth-order valence-electron chi connectivity index (χ4n) is 2.19. The maximum atomic E-state index is 12.0. The highest BCUT2D eigenvalue weighted by atomic mass is 16.2. The Morgan fingerprint density at radius 1 is 0.773 bits per heavy atom. The summed E-state index contributed by atoms with van der Waals surface area (Å²) in [7, 11) is 0. The monoisotopic (exact) mass is 306 g/mol. The number of anilines is 2. The fraction of sp³-hybridized carbons (Fsp3) is 0.500. The van der Waals surface area contributed by atoms with Crippen LogP contribution in [0.25, 0.3) is 0 Å². The highest BCUT2D eigenvalue weighted by Crippen LogP contribution is 2.21. The highest BCUT2D eigenvalue weighted by Gasteiger charge is 2.15. The standard InChI is InChI=1S/C16H26N4O2/c1-5-17-15(21)19(7-3)13-9-11-14(12-10-13)20(8-4)16(22)18-6-2/h9-12H,5-8H2,1-4H3,(H,17,21)(H,18,22). The number of hydrogen-bond donors (Lipinski definition) is 2. The first-order chi connectivity index (χ1) is 10.6. The number of nitrogens with one attached hydrogen (secondary N) is 2. The summed E-state index contributed by atoms with van der Waals surface area (Å²) >= 11 is 0. The lowest BCUT2D eigenvalue weighted by atomic mass is 10.2. The Morgan fingerprint density at radius 3 is 1.32 bits per heavy atom. The molecule has 0 saturated heterocycles. The van der Waals surface area contributed by atoms with Gasteiger partial charge in [-0.3, -0.25) is 9.80 Å². The summed E-state index contributed by atoms with van der Waals surface area (Å²) in [6.45, 7) is 9.98. The van der Waals surface area contributed by atoms with Crippen molar-refractivity contribution < 1.29 is 9.59 Å². The fourth-order valence-corrected chi connectivity index (χ4v) is 2.19. The molecule has 6 heteroatoms. The first kappa shape index (κ1) is 17.8. The Balaban J connectivity index is 2.92. The van der Waals surface area contributed by atoms with Gasteiger partial charge < -0.3 is 10.6 Å². The van der Waals surface area contributed by atoms with Crippen molar-refractivity contribution in [2.24, 2.45) is 0 Å². The van der Waals surface area contributed by atoms with Crippen LogP contribution >= 0.6 is 0 Å². The number of nitrogens with zero attached hydrogens (tertiary/aromatic N) is 2. The normalized spacial score (nSPS) is 10.0. The molecule has 0 aliphatic rings. The van der Waals surface area contributed by atoms with Crippen LogP contribution in [0.4, 0.5) is 21.0 Å². The zero-order valence-electron chi connectivity index (χ0n) is 13.8. The number of hydrogen-bond acceptors (Lipinski definition) is 2. The minimum atomic E-state index is -0.117. The second kappa shape index (κ2) is 8.92. The molecule has 0 atom stereocenters. The van der Waals surface area contributed by atoms with Crippen LogP contribution < -0.4 is 20.4 Å². The molecule has 0 bridgehead atoms. The molecular formula is C16H26N4O2. The van der Waals surface area contributed by atoms with E-state index in [0.29, 0.717) is 26.2 Å². The SMILES string of the molecule is CCNC(=O)N(CC)c1ccc(N(CC)C(=O)NCC)cc1. The van der Waals surface area contributed by atoms with Crippen LogP contribution in [0.15, 0.2) is 24.3 Å². The number of benzene rings is 1. The molecular weight excluding hydrogens is 280 g/mol. The minimum absolute atomic E-state index is 0.117. The molecule has 0 heterocycles. The molecule has 0 aliphatic carbocycles. The van der Waals surface area contributed by atoms with E-state index in [1.807, 2.05) is 52.0 Å². The quantitative estimate of drug-likeness (QED) is 0.849. The van der Waals surface area contributed by atoms with Gasteiger partial charge in [0.15, 0.2) is 0 Å². The molecule has 0 aromatic heterocycles. The predicted molar refractivity (Wildman–Crippen MR) is 90.6 cm³/mol. The van der Waals surface area contributed by atoms with Crippen molar-refractivity contribution in [2.75, 3.05) is 36.0 Å². The first-order valence-corrected chi connectivity index (χ1v) is 7.79. The maximum Gasteiger partial charge on any atom is 0.321 e. The summed E-state index contributed by atoms with van der Waals surface area (Å²) in [4.78, 5) is 27.3. The molecule has 0 unspecified atom stereocenters. The van der Waals surface area contributed by atoms with E-state index < -0.39 is 0 Å². The molecule has 4 amide bonds. The van der Waals surface area contributed by atoms with E-state index in [4.69, 9.17) is 0 Å². The molecule has 2 N–H and O–H groups in total. The van der Waals surface area contributed by atoms with Gasteiger partial charge in [-0.05, 0) is 52.0 Å². The third-order valence-electron chi connectivity index (χ3n) is 3.25. The first-order valence-electron chi connectivity index (χ1n) is 7.79. The maximum absolute atomic E-state index is 12.0. The Morgan fingerprint density at radius 2 is 1.09 bits per heavy atom. The van der Waals surface area contributed by atoms with Gasteiger partial charge in [-0.1, -0.05) is 0 Å². The largest absolute Gasteiger partial charge is 0.338 e. The summed E-state index contributed by atoms with van der Waals surface area (Å²) in [6.07, 6.45) is 0. The van der Waals surface area contributed by atoms with Gasteiger partial charge in [0, 0.05) is 37.6 Å². The van der Waals surface area contributed by atoms with Gasteiger partial charge in [-0.2, -0.15) is 0 Å². The summed E-state index contributed by atoms with van der Waals surface area (Å²) in [5.74, 6) is 0. The van der Waals surface area contributed by atoms with E-state index in [9.17, 15) is 9.59 Å². The van der Waals surface area contributed by atoms with Gasteiger partial charge >= 0.3 is 12.1 Å². The predicted octanol–water partition coefficient (Wildman–Crippen LogP) is 2.80. The van der Waals surface area contributed by atoms with Gasteiger partial charge in [-0.15, -0.1) is 0 Å². The van der Waals surface area contributed by atoms with Crippen molar-refractivity contribution >= 4 is 23.4 Å². The summed E-state index contributed by atoms with van der Waals surface area (Å²) in [5, 5.41) is 5.58. The number of urea groups is 2. The van der Waals surface area contributed by atoms with Crippen LogP contribution in [0.1, 0.15) is 27.7 Å². The molecule has 22 heavy (non-hydrogen) atoms. The van der Waals surface area contributed by atoms with Crippen molar-refractivity contribution in [3.8, 4) is 0 Å². The smallest absolute Gasteiger partial charge is 0.321 e. The van der Waals surface area contributed by atoms with Crippen LogP contribution in [-0.4, -0.2) is 38.2 Å². The van der Waals surface area contributed by atoms with Crippen molar-refractivity contribution in [3.05, 3.63) is 24.3 Å². The van der Waals surface area contributed by atoms with E-state index in [-0.39, 0.29) is 12.1 Å². The van der Waals surface area contributed by atoms with Crippen LogP contribution in [0, 0.1) is 0 Å². The van der Waals surface area contributed by atoms with Crippen LogP contribution in [0.3, 0.4) is 0 Å². The van der Waals surface area contributed by atoms with E-state index in [2.05, 4.69) is 10.6 Å². The van der Waals surface area contributed by atoms with Crippen molar-refractivity contribution in [1.29, 1.82) is 0 Å². The molecule has 0 spiro atoms. The zero-order valence-corrected chi connectivity index (χ0v) is 13.8. The molecule has 0 aliphatic heterocycles. The average molecular weight is 306 g/mol. The van der Waals surface area contributed by atoms with Crippen LogP contribution in [-0.2, 0) is 0 Å². The third-order valence-corrected chi connectivity index (χ3v) is 3.25. The summed E-state index contributed by atoms with van der Waals surface area (Å²) < 4.78 is 0. The van der Waals surface area contributed by atoms with E-state index >= 15 is 0 Å². The lowest BCUT2D eigenvalue weighted by Gasteiger charge is -2.24. The van der Waals surface area contributed by atoms with E-state index in [1.165, 1.54) is 0 Å². The van der Waals surface area contributed by atoms with Gasteiger partial charge in [0.2, 0.25) is 0 Å². The van der Waals surface area contributed by atoms with Gasteiger partial charge in [0.25, 0.3) is 0 Å². The summed E-state index contributed by atoms with van der Waals surface area (Å²) in [5.41, 5.74) is 1.62. The van der Waals surface area contributed by atoms with Crippen LogP contribution in [0.2, 0.25) is 0 Å². The Hall–Kier alpha value is -2.24. The second-order valence-electron chi connectivity index (χ2n) is 4.68.